The third kappa shape index (κ3) is 2.73. The minimum Gasteiger partial charge on any atom is -0.311 e. The van der Waals surface area contributed by atoms with Crippen LogP contribution >= 0.6 is 11.6 Å². The molecule has 3 rings (SSSR count). The highest BCUT2D eigenvalue weighted by Crippen LogP contribution is 2.28. The molecule has 0 aromatic heterocycles. The summed E-state index contributed by atoms with van der Waals surface area (Å²) in [4.78, 5) is 0. The van der Waals surface area contributed by atoms with Gasteiger partial charge in [0.05, 0.1) is 0 Å². The van der Waals surface area contributed by atoms with E-state index in [1.54, 1.807) is 0 Å². The first-order chi connectivity index (χ1) is 8.70. The van der Waals surface area contributed by atoms with Gasteiger partial charge in [-0.25, -0.2) is 0 Å². The lowest BCUT2D eigenvalue weighted by atomic mass is 9.86. The lowest BCUT2D eigenvalue weighted by Gasteiger charge is -2.30. The van der Waals surface area contributed by atoms with Gasteiger partial charge in [-0.05, 0) is 54.9 Å². The fourth-order valence-electron chi connectivity index (χ4n) is 3.62. The standard InChI is InChI=1S/C16H22ClN/c1-11-3-2-4-15(7-11)18-16-9-12-5-6-14(17)8-13(12)10-16/h5-6,8,11,15-16,18H,2-4,7,9-10H2,1H3. The molecule has 1 nitrogen and oxygen atoms in total. The number of rotatable bonds is 2. The van der Waals surface area contributed by atoms with Crippen molar-refractivity contribution in [2.24, 2.45) is 5.92 Å². The summed E-state index contributed by atoms with van der Waals surface area (Å²) in [7, 11) is 0. The maximum Gasteiger partial charge on any atom is 0.0408 e. The third-order valence-corrected chi connectivity index (χ3v) is 4.74. The highest BCUT2D eigenvalue weighted by atomic mass is 35.5. The molecule has 0 spiro atoms. The zero-order valence-corrected chi connectivity index (χ0v) is 11.8. The molecule has 1 fully saturated rings. The maximum absolute atomic E-state index is 6.06. The van der Waals surface area contributed by atoms with Gasteiger partial charge < -0.3 is 5.32 Å². The quantitative estimate of drug-likeness (QED) is 0.851. The molecule has 2 aliphatic carbocycles. The van der Waals surface area contributed by atoms with Crippen LogP contribution < -0.4 is 5.32 Å². The van der Waals surface area contributed by atoms with E-state index in [0.29, 0.717) is 6.04 Å². The Labute approximate surface area is 115 Å². The molecule has 1 N–H and O–H groups in total. The van der Waals surface area contributed by atoms with Gasteiger partial charge in [-0.2, -0.15) is 0 Å². The molecule has 3 atom stereocenters. The molecular formula is C16H22ClN. The van der Waals surface area contributed by atoms with Gasteiger partial charge in [0.2, 0.25) is 0 Å². The summed E-state index contributed by atoms with van der Waals surface area (Å²) in [5, 5.41) is 4.75. The highest BCUT2D eigenvalue weighted by molar-refractivity contribution is 6.30. The minimum atomic E-state index is 0.633. The molecule has 0 amide bonds. The lowest BCUT2D eigenvalue weighted by molar-refractivity contribution is 0.281. The molecule has 2 aliphatic rings. The Kier molecular flexibility index (Phi) is 3.63. The summed E-state index contributed by atoms with van der Waals surface area (Å²) in [6.45, 7) is 2.39. The number of halogens is 1. The molecule has 98 valence electrons. The van der Waals surface area contributed by atoms with Crippen LogP contribution in [-0.2, 0) is 12.8 Å². The van der Waals surface area contributed by atoms with Crippen LogP contribution in [0.1, 0.15) is 43.7 Å². The number of hydrogen-bond acceptors (Lipinski definition) is 1. The molecule has 3 unspecified atom stereocenters. The lowest BCUT2D eigenvalue weighted by Crippen LogP contribution is -2.41. The van der Waals surface area contributed by atoms with Crippen molar-refractivity contribution in [2.75, 3.05) is 0 Å². The van der Waals surface area contributed by atoms with Gasteiger partial charge in [-0.15, -0.1) is 0 Å². The molecule has 0 heterocycles. The van der Waals surface area contributed by atoms with E-state index in [0.717, 1.165) is 23.4 Å². The topological polar surface area (TPSA) is 12.0 Å². The van der Waals surface area contributed by atoms with Gasteiger partial charge in [0.15, 0.2) is 0 Å². The van der Waals surface area contributed by atoms with Crippen LogP contribution in [0.15, 0.2) is 18.2 Å². The van der Waals surface area contributed by atoms with E-state index in [-0.39, 0.29) is 0 Å². The second kappa shape index (κ2) is 5.22. The van der Waals surface area contributed by atoms with E-state index in [9.17, 15) is 0 Å². The maximum atomic E-state index is 6.06. The van der Waals surface area contributed by atoms with Crippen molar-refractivity contribution >= 4 is 11.6 Å². The van der Waals surface area contributed by atoms with E-state index in [4.69, 9.17) is 11.6 Å². The molecule has 0 bridgehead atoms. The molecular weight excluding hydrogens is 242 g/mol. The van der Waals surface area contributed by atoms with Crippen LogP contribution in [0.25, 0.3) is 0 Å². The van der Waals surface area contributed by atoms with Crippen LogP contribution in [0.3, 0.4) is 0 Å². The van der Waals surface area contributed by atoms with Gasteiger partial charge in [-0.3, -0.25) is 0 Å². The highest BCUT2D eigenvalue weighted by Gasteiger charge is 2.26. The van der Waals surface area contributed by atoms with Crippen molar-refractivity contribution in [3.8, 4) is 0 Å². The van der Waals surface area contributed by atoms with Crippen LogP contribution in [-0.4, -0.2) is 12.1 Å². The minimum absolute atomic E-state index is 0.633. The third-order valence-electron chi connectivity index (χ3n) is 4.51. The zero-order chi connectivity index (χ0) is 12.5. The molecule has 0 aliphatic heterocycles. The molecule has 0 radical (unpaired) electrons. The second-order valence-electron chi connectivity index (χ2n) is 6.15. The van der Waals surface area contributed by atoms with Crippen LogP contribution in [0.5, 0.6) is 0 Å². The normalized spacial score (nSPS) is 31.3. The average molecular weight is 264 g/mol. The summed E-state index contributed by atoms with van der Waals surface area (Å²) in [5.74, 6) is 0.898. The van der Waals surface area contributed by atoms with E-state index in [1.807, 2.05) is 6.07 Å². The predicted octanol–water partition coefficient (Wildman–Crippen LogP) is 3.98. The van der Waals surface area contributed by atoms with Crippen molar-refractivity contribution in [2.45, 2.75) is 57.5 Å². The van der Waals surface area contributed by atoms with Gasteiger partial charge in [0.25, 0.3) is 0 Å². The fourth-order valence-corrected chi connectivity index (χ4v) is 3.82. The zero-order valence-electron chi connectivity index (χ0n) is 11.1. The monoisotopic (exact) mass is 263 g/mol. The molecule has 1 saturated carbocycles. The molecule has 18 heavy (non-hydrogen) atoms. The summed E-state index contributed by atoms with van der Waals surface area (Å²) in [5.41, 5.74) is 2.93. The van der Waals surface area contributed by atoms with Crippen molar-refractivity contribution in [3.05, 3.63) is 34.3 Å². The first kappa shape index (κ1) is 12.5. The Morgan fingerprint density at radius 3 is 2.78 bits per heavy atom. The van der Waals surface area contributed by atoms with Crippen molar-refractivity contribution in [3.63, 3.8) is 0 Å². The Bertz CT molecular complexity index is 429. The van der Waals surface area contributed by atoms with Crippen LogP contribution in [0, 0.1) is 5.92 Å². The first-order valence-corrected chi connectivity index (χ1v) is 7.62. The van der Waals surface area contributed by atoms with Crippen molar-refractivity contribution in [1.82, 2.24) is 5.32 Å². The summed E-state index contributed by atoms with van der Waals surface area (Å²) >= 11 is 6.06. The van der Waals surface area contributed by atoms with Crippen molar-refractivity contribution < 1.29 is 0 Å². The Balaban J connectivity index is 1.60. The Morgan fingerprint density at radius 2 is 1.94 bits per heavy atom. The molecule has 1 aromatic rings. The van der Waals surface area contributed by atoms with Crippen LogP contribution in [0.4, 0.5) is 0 Å². The average Bonchev–Trinajstić information content (AvgIpc) is 2.70. The number of benzene rings is 1. The van der Waals surface area contributed by atoms with Crippen molar-refractivity contribution in [1.29, 1.82) is 0 Å². The summed E-state index contributed by atoms with van der Waals surface area (Å²) in [6, 6.07) is 7.73. The summed E-state index contributed by atoms with van der Waals surface area (Å²) in [6.07, 6.45) is 7.85. The molecule has 1 aromatic carbocycles. The number of hydrogen-bond donors (Lipinski definition) is 1. The Morgan fingerprint density at radius 1 is 1.11 bits per heavy atom. The van der Waals surface area contributed by atoms with E-state index >= 15 is 0 Å². The molecule has 0 saturated heterocycles. The van der Waals surface area contributed by atoms with Gasteiger partial charge in [0.1, 0.15) is 0 Å². The smallest absolute Gasteiger partial charge is 0.0408 e. The van der Waals surface area contributed by atoms with E-state index in [1.165, 1.54) is 43.2 Å². The molecule has 2 heteroatoms. The SMILES string of the molecule is CC1CCCC(NC2Cc3ccc(Cl)cc3C2)C1. The van der Waals surface area contributed by atoms with Gasteiger partial charge >= 0.3 is 0 Å². The predicted molar refractivity (Wildman–Crippen MR) is 77.2 cm³/mol. The Hall–Kier alpha value is -0.530. The summed E-state index contributed by atoms with van der Waals surface area (Å²) < 4.78 is 0. The second-order valence-corrected chi connectivity index (χ2v) is 6.59. The van der Waals surface area contributed by atoms with Crippen LogP contribution in [0.2, 0.25) is 5.02 Å². The van der Waals surface area contributed by atoms with E-state index < -0.39 is 0 Å². The largest absolute Gasteiger partial charge is 0.311 e. The van der Waals surface area contributed by atoms with Gasteiger partial charge in [0, 0.05) is 17.1 Å². The number of fused-ring (bicyclic) bond motifs is 1. The first-order valence-electron chi connectivity index (χ1n) is 7.24. The van der Waals surface area contributed by atoms with Gasteiger partial charge in [-0.1, -0.05) is 37.4 Å². The fraction of sp³-hybridized carbons (Fsp3) is 0.625. The number of nitrogens with one attached hydrogen (secondary N) is 1. The van der Waals surface area contributed by atoms with E-state index in [2.05, 4.69) is 24.4 Å².